The molecule has 3 saturated carbocycles. The van der Waals surface area contributed by atoms with E-state index < -0.39 is 5.79 Å². The molecule has 0 radical (unpaired) electrons. The fraction of sp³-hybridized carbons (Fsp3) is 0.586. The maximum atomic E-state index is 13.3. The molecule has 1 aromatic carbocycles. The van der Waals surface area contributed by atoms with Crippen molar-refractivity contribution in [2.75, 3.05) is 13.2 Å². The van der Waals surface area contributed by atoms with Crippen molar-refractivity contribution < 1.29 is 23.8 Å². The SMILES string of the molecule is CC#CCCC1(C(=O)C=C[C@@H]2[C@H]3CC4(C[C@H]3C[C@H]2OC(=O)c2ccccc2)OCCO4)CCC1. The Morgan fingerprint density at radius 3 is 2.59 bits per heavy atom. The van der Waals surface area contributed by atoms with Gasteiger partial charge in [-0.15, -0.1) is 11.8 Å². The standard InChI is InChI=1S/C29H34O5/c1-2-3-7-13-28(14-8-15-28)26(30)12-11-23-24-20-29(32-16-17-33-29)19-22(24)18-25(23)34-27(31)21-9-5-4-6-10-21/h4-6,9-12,22-25H,7-8,13-20H2,1H3/t22-,23-,24+,25-/m1/s1. The largest absolute Gasteiger partial charge is 0.458 e. The van der Waals surface area contributed by atoms with Crippen LogP contribution >= 0.6 is 0 Å². The molecule has 1 heterocycles. The van der Waals surface area contributed by atoms with Crippen molar-refractivity contribution >= 4 is 11.8 Å². The summed E-state index contributed by atoms with van der Waals surface area (Å²) in [7, 11) is 0. The fourth-order valence-electron chi connectivity index (χ4n) is 6.53. The Hall–Kier alpha value is -2.42. The van der Waals surface area contributed by atoms with Gasteiger partial charge in [0.15, 0.2) is 11.6 Å². The summed E-state index contributed by atoms with van der Waals surface area (Å²) in [6, 6.07) is 9.13. The number of carbonyl (C=O) groups excluding carboxylic acids is 2. The number of benzene rings is 1. The Morgan fingerprint density at radius 1 is 1.15 bits per heavy atom. The van der Waals surface area contributed by atoms with Crippen molar-refractivity contribution in [1.29, 1.82) is 0 Å². The number of hydrogen-bond acceptors (Lipinski definition) is 5. The molecule has 180 valence electrons. The molecule has 5 heteroatoms. The zero-order chi connectivity index (χ0) is 23.6. The molecule has 4 atom stereocenters. The van der Waals surface area contributed by atoms with Gasteiger partial charge < -0.3 is 14.2 Å². The highest BCUT2D eigenvalue weighted by atomic mass is 16.7. The van der Waals surface area contributed by atoms with Gasteiger partial charge in [0.25, 0.3) is 0 Å². The molecular weight excluding hydrogens is 428 g/mol. The lowest BCUT2D eigenvalue weighted by atomic mass is 9.63. The number of hydrogen-bond donors (Lipinski definition) is 0. The van der Waals surface area contributed by atoms with E-state index >= 15 is 0 Å². The second-order valence-electron chi connectivity index (χ2n) is 10.3. The molecule has 0 bridgehead atoms. The number of fused-ring (bicyclic) bond motifs is 1. The van der Waals surface area contributed by atoms with Crippen molar-refractivity contribution in [3.63, 3.8) is 0 Å². The smallest absolute Gasteiger partial charge is 0.338 e. The predicted octanol–water partition coefficient (Wildman–Crippen LogP) is 5.10. The molecule has 1 spiro atoms. The fourth-order valence-corrected chi connectivity index (χ4v) is 6.53. The summed E-state index contributed by atoms with van der Waals surface area (Å²) in [4.78, 5) is 26.1. The van der Waals surface area contributed by atoms with E-state index in [0.717, 1.165) is 51.4 Å². The van der Waals surface area contributed by atoms with Gasteiger partial charge in [-0.3, -0.25) is 4.79 Å². The van der Waals surface area contributed by atoms with Gasteiger partial charge in [0, 0.05) is 30.6 Å². The first-order valence-corrected chi connectivity index (χ1v) is 12.7. The first kappa shape index (κ1) is 23.3. The second kappa shape index (κ2) is 9.68. The topological polar surface area (TPSA) is 61.8 Å². The maximum absolute atomic E-state index is 13.3. The van der Waals surface area contributed by atoms with Crippen LogP contribution < -0.4 is 0 Å². The molecule has 0 N–H and O–H groups in total. The average Bonchev–Trinajstić information content (AvgIpc) is 3.50. The van der Waals surface area contributed by atoms with Crippen molar-refractivity contribution in [2.24, 2.45) is 23.2 Å². The van der Waals surface area contributed by atoms with Gasteiger partial charge in [-0.2, -0.15) is 0 Å². The third-order valence-corrected chi connectivity index (χ3v) is 8.47. The van der Waals surface area contributed by atoms with Crippen LogP contribution in [0, 0.1) is 35.0 Å². The van der Waals surface area contributed by atoms with Crippen molar-refractivity contribution in [1.82, 2.24) is 0 Å². The van der Waals surface area contributed by atoms with Crippen LogP contribution in [0.15, 0.2) is 42.5 Å². The number of allylic oxidation sites excluding steroid dienone is 1. The summed E-state index contributed by atoms with van der Waals surface area (Å²) in [6.07, 6.45) is 10.5. The molecule has 4 aliphatic rings. The third-order valence-electron chi connectivity index (χ3n) is 8.47. The molecule has 0 aromatic heterocycles. The minimum atomic E-state index is -0.492. The third kappa shape index (κ3) is 4.46. The predicted molar refractivity (Wildman–Crippen MR) is 128 cm³/mol. The van der Waals surface area contributed by atoms with E-state index in [1.165, 1.54) is 0 Å². The van der Waals surface area contributed by atoms with Gasteiger partial charge in [0.05, 0.1) is 18.8 Å². The summed E-state index contributed by atoms with van der Waals surface area (Å²) in [5, 5.41) is 0. The Kier molecular flexibility index (Phi) is 6.64. The lowest BCUT2D eigenvalue weighted by Gasteiger charge is -2.39. The minimum absolute atomic E-state index is 0.0126. The highest BCUT2D eigenvalue weighted by Gasteiger charge is 2.57. The molecule has 1 aromatic rings. The van der Waals surface area contributed by atoms with Gasteiger partial charge in [-0.25, -0.2) is 4.79 Å². The first-order valence-electron chi connectivity index (χ1n) is 12.7. The highest BCUT2D eigenvalue weighted by molar-refractivity contribution is 5.95. The lowest BCUT2D eigenvalue weighted by molar-refractivity contribution is -0.157. The summed E-state index contributed by atoms with van der Waals surface area (Å²) < 4.78 is 18.0. The van der Waals surface area contributed by atoms with Gasteiger partial charge in [0.1, 0.15) is 6.10 Å². The molecule has 4 fully saturated rings. The van der Waals surface area contributed by atoms with E-state index in [2.05, 4.69) is 11.8 Å². The monoisotopic (exact) mass is 462 g/mol. The van der Waals surface area contributed by atoms with Gasteiger partial charge in [-0.1, -0.05) is 30.7 Å². The molecular formula is C29H34O5. The molecule has 0 unspecified atom stereocenters. The number of esters is 1. The van der Waals surface area contributed by atoms with Crippen molar-refractivity contribution in [3.05, 3.63) is 48.0 Å². The van der Waals surface area contributed by atoms with E-state index in [-0.39, 0.29) is 35.1 Å². The minimum Gasteiger partial charge on any atom is -0.458 e. The Morgan fingerprint density at radius 2 is 1.91 bits per heavy atom. The lowest BCUT2D eigenvalue weighted by Crippen LogP contribution is -2.37. The van der Waals surface area contributed by atoms with Crippen LogP contribution in [0.3, 0.4) is 0 Å². The molecule has 5 nitrogen and oxygen atoms in total. The van der Waals surface area contributed by atoms with E-state index in [1.807, 2.05) is 31.2 Å². The Labute approximate surface area is 202 Å². The van der Waals surface area contributed by atoms with Crippen LogP contribution in [0.25, 0.3) is 0 Å². The molecule has 0 amide bonds. The van der Waals surface area contributed by atoms with E-state index in [0.29, 0.717) is 24.7 Å². The Balaban J connectivity index is 1.33. The molecule has 1 aliphatic heterocycles. The summed E-state index contributed by atoms with van der Waals surface area (Å²) in [6.45, 7) is 3.11. The summed E-state index contributed by atoms with van der Waals surface area (Å²) in [5.74, 6) is 6.09. The summed E-state index contributed by atoms with van der Waals surface area (Å²) in [5.41, 5.74) is 0.297. The van der Waals surface area contributed by atoms with Crippen LogP contribution in [0.4, 0.5) is 0 Å². The normalized spacial score (nSPS) is 30.5. The van der Waals surface area contributed by atoms with Crippen LogP contribution in [0.2, 0.25) is 0 Å². The molecule has 5 rings (SSSR count). The van der Waals surface area contributed by atoms with Crippen LogP contribution in [0.1, 0.15) is 68.6 Å². The van der Waals surface area contributed by atoms with Gasteiger partial charge >= 0.3 is 5.97 Å². The quantitative estimate of drug-likeness (QED) is 0.321. The Bertz CT molecular complexity index is 990. The van der Waals surface area contributed by atoms with Crippen LogP contribution in [-0.4, -0.2) is 36.9 Å². The molecule has 1 saturated heterocycles. The van der Waals surface area contributed by atoms with Gasteiger partial charge in [-0.05, 0) is 62.7 Å². The second-order valence-corrected chi connectivity index (χ2v) is 10.3. The van der Waals surface area contributed by atoms with Crippen molar-refractivity contribution in [3.8, 4) is 11.8 Å². The number of ketones is 1. The maximum Gasteiger partial charge on any atom is 0.338 e. The number of carbonyl (C=O) groups is 2. The number of ether oxygens (including phenoxy) is 3. The number of rotatable bonds is 7. The summed E-state index contributed by atoms with van der Waals surface area (Å²) >= 11 is 0. The van der Waals surface area contributed by atoms with E-state index in [4.69, 9.17) is 14.2 Å². The highest BCUT2D eigenvalue weighted by Crippen LogP contribution is 2.55. The first-order chi connectivity index (χ1) is 16.5. The van der Waals surface area contributed by atoms with E-state index in [9.17, 15) is 9.59 Å². The zero-order valence-corrected chi connectivity index (χ0v) is 20.0. The zero-order valence-electron chi connectivity index (χ0n) is 20.0. The average molecular weight is 463 g/mol. The molecule has 3 aliphatic carbocycles. The van der Waals surface area contributed by atoms with Crippen LogP contribution in [-0.2, 0) is 19.0 Å². The van der Waals surface area contributed by atoms with Crippen molar-refractivity contribution in [2.45, 2.75) is 70.2 Å². The van der Waals surface area contributed by atoms with E-state index in [1.54, 1.807) is 18.2 Å². The molecule has 34 heavy (non-hydrogen) atoms. The van der Waals surface area contributed by atoms with Gasteiger partial charge in [0.2, 0.25) is 0 Å². The van der Waals surface area contributed by atoms with Crippen LogP contribution in [0.5, 0.6) is 0 Å².